The fourth-order valence-corrected chi connectivity index (χ4v) is 1.75. The number of nitrogen functional groups attached to an aromatic ring is 1. The van der Waals surface area contributed by atoms with E-state index in [-0.39, 0.29) is 17.3 Å². The number of carboxylic acids is 1. The molecule has 94 valence electrons. The number of aromatic carboxylic acids is 1. The molecule has 5 nitrogen and oxygen atoms in total. The van der Waals surface area contributed by atoms with Crippen LogP contribution in [0, 0.1) is 5.92 Å². The molecule has 1 aromatic heterocycles. The molecule has 0 spiro atoms. The van der Waals surface area contributed by atoms with Crippen molar-refractivity contribution in [3.8, 4) is 0 Å². The summed E-state index contributed by atoms with van der Waals surface area (Å²) in [6.45, 7) is 6.31. The van der Waals surface area contributed by atoms with Gasteiger partial charge >= 0.3 is 5.97 Å². The molecule has 1 aromatic rings. The molecule has 0 fully saturated rings. The number of rotatable bonds is 5. The predicted molar refractivity (Wildman–Crippen MR) is 68.1 cm³/mol. The zero-order chi connectivity index (χ0) is 13.0. The maximum absolute atomic E-state index is 10.9. The molecule has 0 aliphatic carbocycles. The molecule has 0 saturated carbocycles. The molecule has 1 unspecified atom stereocenters. The molecule has 1 heterocycles. The summed E-state index contributed by atoms with van der Waals surface area (Å²) in [6.07, 6.45) is 2.36. The summed E-state index contributed by atoms with van der Waals surface area (Å²) in [4.78, 5) is 15.0. The minimum Gasteiger partial charge on any atom is -0.478 e. The van der Waals surface area contributed by atoms with E-state index in [4.69, 9.17) is 10.8 Å². The molecular formula is C12H19N3O2. The van der Waals surface area contributed by atoms with Crippen molar-refractivity contribution in [1.82, 2.24) is 4.98 Å². The minimum absolute atomic E-state index is 0.0826. The Kier molecular flexibility index (Phi) is 4.31. The Morgan fingerprint density at radius 2 is 2.18 bits per heavy atom. The van der Waals surface area contributed by atoms with Crippen LogP contribution >= 0.6 is 0 Å². The Bertz CT molecular complexity index is 405. The zero-order valence-corrected chi connectivity index (χ0v) is 10.4. The topological polar surface area (TPSA) is 88.2 Å². The number of nitrogens with two attached hydrogens (primary N) is 1. The fourth-order valence-electron chi connectivity index (χ4n) is 1.75. The summed E-state index contributed by atoms with van der Waals surface area (Å²) in [5, 5.41) is 12.1. The SMILES string of the molecule is CC(C)CC(C)Nc1cc(C(=O)O)c(N)cn1. The third-order valence-electron chi connectivity index (χ3n) is 2.38. The van der Waals surface area contributed by atoms with Gasteiger partial charge in [-0.1, -0.05) is 13.8 Å². The Labute approximate surface area is 101 Å². The number of hydrogen-bond acceptors (Lipinski definition) is 4. The number of carboxylic acid groups (broad SMARTS) is 1. The molecule has 1 rings (SSSR count). The van der Waals surface area contributed by atoms with Crippen molar-refractivity contribution >= 4 is 17.5 Å². The number of nitrogens with one attached hydrogen (secondary N) is 1. The van der Waals surface area contributed by atoms with Gasteiger partial charge in [-0.3, -0.25) is 0 Å². The highest BCUT2D eigenvalue weighted by Gasteiger charge is 2.11. The van der Waals surface area contributed by atoms with Crippen LogP contribution in [0.15, 0.2) is 12.3 Å². The minimum atomic E-state index is -1.04. The highest BCUT2D eigenvalue weighted by molar-refractivity contribution is 5.94. The van der Waals surface area contributed by atoms with Crippen LogP contribution in [-0.2, 0) is 0 Å². The third-order valence-corrected chi connectivity index (χ3v) is 2.38. The summed E-state index contributed by atoms with van der Waals surface area (Å²) < 4.78 is 0. The number of aromatic nitrogens is 1. The van der Waals surface area contributed by atoms with E-state index in [2.05, 4.69) is 24.1 Å². The lowest BCUT2D eigenvalue weighted by molar-refractivity contribution is 0.0698. The second-order valence-corrected chi connectivity index (χ2v) is 4.64. The van der Waals surface area contributed by atoms with E-state index in [1.165, 1.54) is 12.3 Å². The molecule has 5 heteroatoms. The van der Waals surface area contributed by atoms with Crippen LogP contribution in [0.25, 0.3) is 0 Å². The maximum Gasteiger partial charge on any atom is 0.337 e. The van der Waals surface area contributed by atoms with E-state index >= 15 is 0 Å². The van der Waals surface area contributed by atoms with Gasteiger partial charge in [0, 0.05) is 6.04 Å². The van der Waals surface area contributed by atoms with Crippen molar-refractivity contribution in [3.05, 3.63) is 17.8 Å². The van der Waals surface area contributed by atoms with Crippen LogP contribution in [0.5, 0.6) is 0 Å². The van der Waals surface area contributed by atoms with Crippen molar-refractivity contribution < 1.29 is 9.90 Å². The van der Waals surface area contributed by atoms with Crippen LogP contribution in [0.4, 0.5) is 11.5 Å². The monoisotopic (exact) mass is 237 g/mol. The van der Waals surface area contributed by atoms with Gasteiger partial charge < -0.3 is 16.2 Å². The lowest BCUT2D eigenvalue weighted by Gasteiger charge is -2.16. The van der Waals surface area contributed by atoms with Crippen LogP contribution in [0.2, 0.25) is 0 Å². The largest absolute Gasteiger partial charge is 0.478 e. The first kappa shape index (κ1) is 13.3. The van der Waals surface area contributed by atoms with Crippen molar-refractivity contribution in [1.29, 1.82) is 0 Å². The molecule has 0 bridgehead atoms. The quantitative estimate of drug-likeness (QED) is 0.730. The molecule has 0 aliphatic rings. The Hall–Kier alpha value is -1.78. The molecule has 17 heavy (non-hydrogen) atoms. The smallest absolute Gasteiger partial charge is 0.337 e. The molecule has 0 amide bonds. The maximum atomic E-state index is 10.9. The fraction of sp³-hybridized carbons (Fsp3) is 0.500. The van der Waals surface area contributed by atoms with E-state index in [0.717, 1.165) is 6.42 Å². The van der Waals surface area contributed by atoms with Gasteiger partial charge in [0.15, 0.2) is 0 Å². The van der Waals surface area contributed by atoms with E-state index in [1.807, 2.05) is 6.92 Å². The van der Waals surface area contributed by atoms with E-state index in [9.17, 15) is 4.79 Å². The van der Waals surface area contributed by atoms with E-state index < -0.39 is 5.97 Å². The van der Waals surface area contributed by atoms with E-state index in [1.54, 1.807) is 0 Å². The molecule has 4 N–H and O–H groups in total. The second-order valence-electron chi connectivity index (χ2n) is 4.64. The number of carbonyl (C=O) groups is 1. The third kappa shape index (κ3) is 3.94. The van der Waals surface area contributed by atoms with Gasteiger partial charge in [0.1, 0.15) is 5.82 Å². The first-order valence-corrected chi connectivity index (χ1v) is 5.65. The summed E-state index contributed by atoms with van der Waals surface area (Å²) in [5.41, 5.74) is 5.79. The Morgan fingerprint density at radius 1 is 1.53 bits per heavy atom. The zero-order valence-electron chi connectivity index (χ0n) is 10.4. The Balaban J connectivity index is 2.79. The average molecular weight is 237 g/mol. The Morgan fingerprint density at radius 3 is 2.71 bits per heavy atom. The molecular weight excluding hydrogens is 218 g/mol. The average Bonchev–Trinajstić information content (AvgIpc) is 2.19. The van der Waals surface area contributed by atoms with Crippen LogP contribution in [-0.4, -0.2) is 22.1 Å². The lowest BCUT2D eigenvalue weighted by Crippen LogP contribution is -2.18. The number of hydrogen-bond donors (Lipinski definition) is 3. The van der Waals surface area contributed by atoms with Crippen LogP contribution < -0.4 is 11.1 Å². The van der Waals surface area contributed by atoms with Gasteiger partial charge in [-0.15, -0.1) is 0 Å². The van der Waals surface area contributed by atoms with Gasteiger partial charge in [-0.05, 0) is 25.3 Å². The first-order valence-electron chi connectivity index (χ1n) is 5.65. The summed E-state index contributed by atoms with van der Waals surface area (Å²) in [5.74, 6) is 0.0828. The molecule has 0 aromatic carbocycles. The highest BCUT2D eigenvalue weighted by Crippen LogP contribution is 2.16. The number of pyridine rings is 1. The van der Waals surface area contributed by atoms with Crippen LogP contribution in [0.3, 0.4) is 0 Å². The van der Waals surface area contributed by atoms with E-state index in [0.29, 0.717) is 11.7 Å². The standard InChI is InChI=1S/C12H19N3O2/c1-7(2)4-8(3)15-11-5-9(12(16)17)10(13)6-14-11/h5-8H,4,13H2,1-3H3,(H,14,15)(H,16,17). The van der Waals surface area contributed by atoms with Gasteiger partial charge in [0.05, 0.1) is 17.4 Å². The van der Waals surface area contributed by atoms with Crippen molar-refractivity contribution in [3.63, 3.8) is 0 Å². The van der Waals surface area contributed by atoms with Crippen molar-refractivity contribution in [2.45, 2.75) is 33.2 Å². The van der Waals surface area contributed by atoms with Crippen molar-refractivity contribution in [2.75, 3.05) is 11.1 Å². The lowest BCUT2D eigenvalue weighted by atomic mass is 10.1. The highest BCUT2D eigenvalue weighted by atomic mass is 16.4. The summed E-state index contributed by atoms with van der Waals surface area (Å²) in [6, 6.07) is 1.71. The predicted octanol–water partition coefficient (Wildman–Crippen LogP) is 2.21. The van der Waals surface area contributed by atoms with Gasteiger partial charge in [-0.25, -0.2) is 9.78 Å². The van der Waals surface area contributed by atoms with Gasteiger partial charge in [-0.2, -0.15) is 0 Å². The first-order chi connectivity index (χ1) is 7.90. The molecule has 1 atom stereocenters. The number of nitrogens with zero attached hydrogens (tertiary/aromatic N) is 1. The second kappa shape index (κ2) is 5.52. The van der Waals surface area contributed by atoms with Crippen molar-refractivity contribution in [2.24, 2.45) is 5.92 Å². The summed E-state index contributed by atoms with van der Waals surface area (Å²) >= 11 is 0. The van der Waals surface area contributed by atoms with Crippen LogP contribution in [0.1, 0.15) is 37.6 Å². The van der Waals surface area contributed by atoms with Gasteiger partial charge in [0.2, 0.25) is 0 Å². The number of anilines is 2. The summed E-state index contributed by atoms with van der Waals surface area (Å²) in [7, 11) is 0. The normalized spacial score (nSPS) is 12.5. The molecule has 0 aliphatic heterocycles. The molecule has 0 saturated heterocycles. The molecule has 0 radical (unpaired) electrons. The van der Waals surface area contributed by atoms with Gasteiger partial charge in [0.25, 0.3) is 0 Å².